The van der Waals surface area contributed by atoms with E-state index in [-0.39, 0.29) is 12.4 Å². The third-order valence-electron chi connectivity index (χ3n) is 1.30. The van der Waals surface area contributed by atoms with Gasteiger partial charge in [-0.1, -0.05) is 11.6 Å². The van der Waals surface area contributed by atoms with E-state index in [0.29, 0.717) is 5.02 Å². The third kappa shape index (κ3) is 3.21. The van der Waals surface area contributed by atoms with E-state index in [0.717, 1.165) is 5.56 Å². The second-order valence-electron chi connectivity index (χ2n) is 2.39. The summed E-state index contributed by atoms with van der Waals surface area (Å²) in [5.41, 5.74) is 5.89. The molecule has 1 heterocycles. The predicted octanol–water partition coefficient (Wildman–Crippen LogP) is 1.09. The summed E-state index contributed by atoms with van der Waals surface area (Å²) in [4.78, 5) is 7.74. The molecule has 0 saturated carbocycles. The van der Waals surface area contributed by atoms with E-state index in [1.165, 1.54) is 6.20 Å². The highest BCUT2D eigenvalue weighted by atomic mass is 35.5. The second-order valence-corrected chi connectivity index (χ2v) is 2.80. The number of halogens is 1. The molecule has 1 aromatic heterocycles. The molecule has 0 aliphatic carbocycles. The number of nitrogens with two attached hydrogens (primary N) is 1. The smallest absolute Gasteiger partial charge is 0.113 e. The number of aromatic nitrogens is 1. The molecule has 0 atom stereocenters. The Morgan fingerprint density at radius 1 is 1.77 bits per heavy atom. The quantitative estimate of drug-likeness (QED) is 0.561. The van der Waals surface area contributed by atoms with Crippen molar-refractivity contribution in [2.24, 2.45) is 10.7 Å². The van der Waals surface area contributed by atoms with Gasteiger partial charge in [0.25, 0.3) is 0 Å². The van der Waals surface area contributed by atoms with Gasteiger partial charge in [0.05, 0.1) is 11.6 Å². The first-order chi connectivity index (χ1) is 6.20. The van der Waals surface area contributed by atoms with Crippen LogP contribution in [0.5, 0.6) is 0 Å². The van der Waals surface area contributed by atoms with E-state index < -0.39 is 0 Å². The lowest BCUT2D eigenvalue weighted by Gasteiger charge is -1.94. The largest absolute Gasteiger partial charge is 0.386 e. The van der Waals surface area contributed by atoms with Gasteiger partial charge < -0.3 is 5.73 Å². The minimum absolute atomic E-state index is 0.0291. The van der Waals surface area contributed by atoms with Crippen molar-refractivity contribution >= 4 is 23.7 Å². The lowest BCUT2D eigenvalue weighted by atomic mass is 10.3. The van der Waals surface area contributed by atoms with Crippen LogP contribution in [0.15, 0.2) is 23.5 Å². The number of hydrogen-bond acceptors (Lipinski definition) is 3. The van der Waals surface area contributed by atoms with Crippen LogP contribution in [-0.4, -0.2) is 23.6 Å². The molecule has 0 radical (unpaired) electrons. The van der Waals surface area contributed by atoms with Crippen LogP contribution in [0.25, 0.3) is 0 Å². The Balaban J connectivity index is 2.68. The van der Waals surface area contributed by atoms with Crippen LogP contribution >= 0.6 is 11.6 Å². The Bertz CT molecular complexity index is 335. The highest BCUT2D eigenvalue weighted by Crippen LogP contribution is 2.10. The van der Waals surface area contributed by atoms with Gasteiger partial charge in [0.1, 0.15) is 5.84 Å². The zero-order valence-corrected chi connectivity index (χ0v) is 7.62. The number of nitrogens with one attached hydrogen (secondary N) is 1. The van der Waals surface area contributed by atoms with Crippen molar-refractivity contribution in [3.8, 4) is 0 Å². The second kappa shape index (κ2) is 4.57. The van der Waals surface area contributed by atoms with Gasteiger partial charge in [-0.25, -0.2) is 0 Å². The topological polar surface area (TPSA) is 75.1 Å². The average molecular weight is 197 g/mol. The van der Waals surface area contributed by atoms with Crippen molar-refractivity contribution < 1.29 is 0 Å². The van der Waals surface area contributed by atoms with Gasteiger partial charge in [-0.05, 0) is 6.07 Å². The molecule has 3 N–H and O–H groups in total. The first kappa shape index (κ1) is 9.67. The molecular weight excluding hydrogens is 188 g/mol. The van der Waals surface area contributed by atoms with E-state index in [4.69, 9.17) is 22.7 Å². The SMILES string of the molecule is N=C(N)CN=Cc1ccncc1Cl. The lowest BCUT2D eigenvalue weighted by Crippen LogP contribution is -2.13. The highest BCUT2D eigenvalue weighted by Gasteiger charge is 1.94. The Morgan fingerprint density at radius 2 is 2.54 bits per heavy atom. The van der Waals surface area contributed by atoms with Crippen LogP contribution < -0.4 is 5.73 Å². The normalized spacial score (nSPS) is 10.5. The molecule has 0 aliphatic heterocycles. The number of hydrogen-bond donors (Lipinski definition) is 2. The van der Waals surface area contributed by atoms with Crippen molar-refractivity contribution in [3.05, 3.63) is 29.0 Å². The maximum Gasteiger partial charge on any atom is 0.113 e. The minimum atomic E-state index is 0.0291. The molecule has 0 aromatic carbocycles. The fourth-order valence-electron chi connectivity index (χ4n) is 0.733. The summed E-state index contributed by atoms with van der Waals surface area (Å²) in [5.74, 6) is 0.0291. The summed E-state index contributed by atoms with van der Waals surface area (Å²) < 4.78 is 0. The average Bonchev–Trinajstić information content (AvgIpc) is 2.08. The fourth-order valence-corrected chi connectivity index (χ4v) is 0.901. The first-order valence-electron chi connectivity index (χ1n) is 3.62. The summed E-state index contributed by atoms with van der Waals surface area (Å²) in [6.45, 7) is 0.193. The summed E-state index contributed by atoms with van der Waals surface area (Å²) in [6, 6.07) is 1.74. The number of aliphatic imine (C=N–C) groups is 1. The monoisotopic (exact) mass is 196 g/mol. The molecule has 13 heavy (non-hydrogen) atoms. The van der Waals surface area contributed by atoms with Crippen LogP contribution in [0.2, 0.25) is 5.02 Å². The number of amidine groups is 1. The molecule has 0 unspecified atom stereocenters. The number of pyridine rings is 1. The summed E-state index contributed by atoms with van der Waals surface area (Å²) in [7, 11) is 0. The highest BCUT2D eigenvalue weighted by molar-refractivity contribution is 6.32. The Kier molecular flexibility index (Phi) is 3.40. The van der Waals surface area contributed by atoms with E-state index in [1.54, 1.807) is 18.5 Å². The minimum Gasteiger partial charge on any atom is -0.386 e. The zero-order chi connectivity index (χ0) is 9.68. The van der Waals surface area contributed by atoms with E-state index in [9.17, 15) is 0 Å². The summed E-state index contributed by atoms with van der Waals surface area (Å²) >= 11 is 5.80. The standard InChI is InChI=1S/C8H9ClN4/c9-7-4-12-2-1-6(7)3-13-5-8(10)11/h1-4H,5H2,(H3,10,11). The van der Waals surface area contributed by atoms with Gasteiger partial charge in [0.2, 0.25) is 0 Å². The van der Waals surface area contributed by atoms with E-state index >= 15 is 0 Å². The fraction of sp³-hybridized carbons (Fsp3) is 0.125. The van der Waals surface area contributed by atoms with E-state index in [2.05, 4.69) is 9.98 Å². The third-order valence-corrected chi connectivity index (χ3v) is 1.61. The van der Waals surface area contributed by atoms with Crippen molar-refractivity contribution in [1.29, 1.82) is 5.41 Å². The molecular formula is C8H9ClN4. The molecule has 5 heteroatoms. The van der Waals surface area contributed by atoms with E-state index in [1.807, 2.05) is 0 Å². The maximum absolute atomic E-state index is 6.93. The van der Waals surface area contributed by atoms with Crippen molar-refractivity contribution in [1.82, 2.24) is 4.98 Å². The molecule has 0 saturated heterocycles. The van der Waals surface area contributed by atoms with Crippen LogP contribution in [0.1, 0.15) is 5.56 Å². The Labute approximate surface area is 81.0 Å². The molecule has 1 rings (SSSR count). The summed E-state index contributed by atoms with van der Waals surface area (Å²) in [6.07, 6.45) is 4.74. The van der Waals surface area contributed by atoms with Crippen LogP contribution in [0.4, 0.5) is 0 Å². The number of rotatable bonds is 3. The van der Waals surface area contributed by atoms with Crippen molar-refractivity contribution in [2.75, 3.05) is 6.54 Å². The lowest BCUT2D eigenvalue weighted by molar-refractivity contribution is 1.23. The Hall–Kier alpha value is -1.42. The van der Waals surface area contributed by atoms with Gasteiger partial charge in [0.15, 0.2) is 0 Å². The molecule has 0 fully saturated rings. The molecule has 0 bridgehead atoms. The molecule has 68 valence electrons. The van der Waals surface area contributed by atoms with Gasteiger partial charge in [-0.3, -0.25) is 15.4 Å². The van der Waals surface area contributed by atoms with Gasteiger partial charge in [-0.2, -0.15) is 0 Å². The van der Waals surface area contributed by atoms with Gasteiger partial charge in [0, 0.05) is 24.2 Å². The predicted molar refractivity (Wildman–Crippen MR) is 53.6 cm³/mol. The molecule has 0 spiro atoms. The van der Waals surface area contributed by atoms with Crippen molar-refractivity contribution in [3.63, 3.8) is 0 Å². The zero-order valence-electron chi connectivity index (χ0n) is 6.87. The molecule has 1 aromatic rings. The van der Waals surface area contributed by atoms with Crippen LogP contribution in [-0.2, 0) is 0 Å². The van der Waals surface area contributed by atoms with Crippen LogP contribution in [0.3, 0.4) is 0 Å². The number of nitrogens with zero attached hydrogens (tertiary/aromatic N) is 2. The first-order valence-corrected chi connectivity index (χ1v) is 4.00. The molecule has 0 aliphatic rings. The molecule has 4 nitrogen and oxygen atoms in total. The van der Waals surface area contributed by atoms with Gasteiger partial charge >= 0.3 is 0 Å². The Morgan fingerprint density at radius 3 is 3.15 bits per heavy atom. The maximum atomic E-state index is 6.93. The van der Waals surface area contributed by atoms with Crippen LogP contribution in [0, 0.1) is 5.41 Å². The summed E-state index contributed by atoms with van der Waals surface area (Å²) in [5, 5.41) is 7.47. The molecule has 0 amide bonds. The van der Waals surface area contributed by atoms with Crippen molar-refractivity contribution in [2.45, 2.75) is 0 Å². The van der Waals surface area contributed by atoms with Gasteiger partial charge in [-0.15, -0.1) is 0 Å².